The summed E-state index contributed by atoms with van der Waals surface area (Å²) in [5.74, 6) is 1.54. The van der Waals surface area contributed by atoms with Crippen LogP contribution in [0.4, 0.5) is 5.69 Å². The molecule has 0 radical (unpaired) electrons. The molecule has 2 aliphatic heterocycles. The fraction of sp³-hybridized carbons (Fsp3) is 0.364. The lowest BCUT2D eigenvalue weighted by Gasteiger charge is -2.35. The molecule has 1 atom stereocenters. The summed E-state index contributed by atoms with van der Waals surface area (Å²) in [6.45, 7) is 4.56. The van der Waals surface area contributed by atoms with Crippen molar-refractivity contribution in [3.05, 3.63) is 53.1 Å². The summed E-state index contributed by atoms with van der Waals surface area (Å²) in [5, 5.41) is 11.9. The zero-order valence-electron chi connectivity index (χ0n) is 15.9. The molecule has 0 aliphatic carbocycles. The van der Waals surface area contributed by atoms with Crippen molar-refractivity contribution in [3.8, 4) is 17.6 Å². The van der Waals surface area contributed by atoms with E-state index < -0.39 is 0 Å². The minimum atomic E-state index is -0.0836. The molecular weight excluding hydrogens is 354 g/mol. The largest absolute Gasteiger partial charge is 0.490 e. The third-order valence-corrected chi connectivity index (χ3v) is 5.30. The molecule has 6 nitrogen and oxygen atoms in total. The normalized spacial score (nSPS) is 18.5. The van der Waals surface area contributed by atoms with Gasteiger partial charge in [0.1, 0.15) is 0 Å². The van der Waals surface area contributed by atoms with Crippen molar-refractivity contribution in [2.24, 2.45) is 0 Å². The number of nitrogens with zero attached hydrogens (tertiary/aromatic N) is 2. The Balaban J connectivity index is 1.46. The third-order valence-electron chi connectivity index (χ3n) is 5.30. The van der Waals surface area contributed by atoms with Crippen molar-refractivity contribution < 1.29 is 14.3 Å². The van der Waals surface area contributed by atoms with E-state index >= 15 is 0 Å². The number of hydrogen-bond donors (Lipinski definition) is 1. The van der Waals surface area contributed by atoms with Crippen LogP contribution in [0, 0.1) is 11.3 Å². The summed E-state index contributed by atoms with van der Waals surface area (Å²) in [7, 11) is 0. The molecule has 28 heavy (non-hydrogen) atoms. The molecule has 0 spiro atoms. The van der Waals surface area contributed by atoms with Crippen molar-refractivity contribution >= 4 is 11.6 Å². The van der Waals surface area contributed by atoms with Gasteiger partial charge in [0.05, 0.1) is 31.4 Å². The summed E-state index contributed by atoms with van der Waals surface area (Å²) in [5.41, 5.74) is 3.62. The minimum absolute atomic E-state index is 0.0836. The lowest BCUT2D eigenvalue weighted by atomic mass is 9.93. The van der Waals surface area contributed by atoms with Crippen LogP contribution in [0.2, 0.25) is 0 Å². The Morgan fingerprint density at radius 2 is 2.04 bits per heavy atom. The van der Waals surface area contributed by atoms with Gasteiger partial charge in [-0.15, -0.1) is 0 Å². The van der Waals surface area contributed by atoms with Crippen LogP contribution in [0.5, 0.6) is 11.5 Å². The van der Waals surface area contributed by atoms with E-state index in [0.29, 0.717) is 31.0 Å². The van der Waals surface area contributed by atoms with Gasteiger partial charge in [-0.3, -0.25) is 9.69 Å². The van der Waals surface area contributed by atoms with E-state index in [1.54, 1.807) is 24.3 Å². The standard InChI is InChI=1S/C22H23N3O3/c1-15-19-12-21-20(27-8-3-9-28-21)11-17(19)6-7-25(15)14-22(26)24-18-5-2-4-16(10-18)13-23/h2,4-5,10-12,15H,3,6-9,14H2,1H3,(H,24,26)/t15-/m0/s1. The molecule has 2 heterocycles. The average Bonchev–Trinajstić information content (AvgIpc) is 2.94. The molecule has 0 saturated heterocycles. The lowest BCUT2D eigenvalue weighted by molar-refractivity contribution is -0.117. The number of benzene rings is 2. The first kappa shape index (κ1) is 18.3. The van der Waals surface area contributed by atoms with Gasteiger partial charge >= 0.3 is 0 Å². The minimum Gasteiger partial charge on any atom is -0.490 e. The predicted molar refractivity (Wildman–Crippen MR) is 106 cm³/mol. The Labute approximate surface area is 164 Å². The van der Waals surface area contributed by atoms with E-state index in [0.717, 1.165) is 30.9 Å². The quantitative estimate of drug-likeness (QED) is 0.889. The zero-order chi connectivity index (χ0) is 19.5. The van der Waals surface area contributed by atoms with E-state index in [4.69, 9.17) is 14.7 Å². The number of carbonyl (C=O) groups is 1. The number of anilines is 1. The molecule has 1 amide bonds. The number of nitrogens with one attached hydrogen (secondary N) is 1. The Bertz CT molecular complexity index is 935. The SMILES string of the molecule is C[C@H]1c2cc3c(cc2CCN1CC(=O)Nc1cccc(C#N)c1)OCCCO3. The predicted octanol–water partition coefficient (Wildman–Crippen LogP) is 3.28. The maximum Gasteiger partial charge on any atom is 0.238 e. The Morgan fingerprint density at radius 1 is 1.25 bits per heavy atom. The molecule has 0 bridgehead atoms. The second-order valence-electron chi connectivity index (χ2n) is 7.19. The Hall–Kier alpha value is -3.04. The summed E-state index contributed by atoms with van der Waals surface area (Å²) in [4.78, 5) is 14.7. The summed E-state index contributed by atoms with van der Waals surface area (Å²) in [6, 6.07) is 13.3. The first-order valence-electron chi connectivity index (χ1n) is 9.60. The lowest BCUT2D eigenvalue weighted by Crippen LogP contribution is -2.39. The van der Waals surface area contributed by atoms with Gasteiger partial charge in [0.25, 0.3) is 0 Å². The highest BCUT2D eigenvalue weighted by Crippen LogP contribution is 2.39. The Morgan fingerprint density at radius 3 is 2.82 bits per heavy atom. The molecule has 2 aromatic carbocycles. The van der Waals surface area contributed by atoms with Crippen LogP contribution in [-0.2, 0) is 11.2 Å². The van der Waals surface area contributed by atoms with E-state index in [2.05, 4.69) is 35.3 Å². The van der Waals surface area contributed by atoms with Crippen LogP contribution < -0.4 is 14.8 Å². The monoisotopic (exact) mass is 377 g/mol. The molecule has 0 saturated carbocycles. The Kier molecular flexibility index (Phi) is 5.18. The number of rotatable bonds is 3. The first-order valence-corrected chi connectivity index (χ1v) is 9.60. The van der Waals surface area contributed by atoms with Gasteiger partial charge < -0.3 is 14.8 Å². The van der Waals surface area contributed by atoms with Gasteiger partial charge in [0.15, 0.2) is 11.5 Å². The van der Waals surface area contributed by atoms with Crippen LogP contribution in [0.3, 0.4) is 0 Å². The third kappa shape index (κ3) is 3.80. The van der Waals surface area contributed by atoms with E-state index in [1.807, 2.05) is 0 Å². The topological polar surface area (TPSA) is 74.6 Å². The fourth-order valence-corrected chi connectivity index (χ4v) is 3.79. The second-order valence-corrected chi connectivity index (χ2v) is 7.19. The van der Waals surface area contributed by atoms with E-state index in [-0.39, 0.29) is 11.9 Å². The first-order chi connectivity index (χ1) is 13.6. The number of amides is 1. The zero-order valence-corrected chi connectivity index (χ0v) is 15.9. The fourth-order valence-electron chi connectivity index (χ4n) is 3.79. The molecule has 144 valence electrons. The highest BCUT2D eigenvalue weighted by molar-refractivity contribution is 5.92. The molecule has 4 rings (SSSR count). The molecule has 6 heteroatoms. The molecule has 0 fully saturated rings. The van der Waals surface area contributed by atoms with Crippen molar-refractivity contribution in [2.75, 3.05) is 31.6 Å². The van der Waals surface area contributed by atoms with Gasteiger partial charge in [-0.2, -0.15) is 5.26 Å². The van der Waals surface area contributed by atoms with Crippen LogP contribution >= 0.6 is 0 Å². The molecule has 2 aromatic rings. The van der Waals surface area contributed by atoms with Gasteiger partial charge in [0.2, 0.25) is 5.91 Å². The second kappa shape index (κ2) is 7.91. The van der Waals surface area contributed by atoms with Gasteiger partial charge in [-0.1, -0.05) is 6.07 Å². The number of hydrogen-bond acceptors (Lipinski definition) is 5. The number of carbonyl (C=O) groups excluding carboxylic acids is 1. The van der Waals surface area contributed by atoms with Crippen LogP contribution in [0.25, 0.3) is 0 Å². The highest BCUT2D eigenvalue weighted by atomic mass is 16.5. The van der Waals surface area contributed by atoms with Crippen LogP contribution in [0.15, 0.2) is 36.4 Å². The van der Waals surface area contributed by atoms with Gasteiger partial charge in [0, 0.05) is 24.7 Å². The maximum absolute atomic E-state index is 12.5. The van der Waals surface area contributed by atoms with Gasteiger partial charge in [-0.25, -0.2) is 0 Å². The number of nitriles is 1. The summed E-state index contributed by atoms with van der Waals surface area (Å²) < 4.78 is 11.6. The molecule has 2 aliphatic rings. The molecular formula is C22H23N3O3. The summed E-state index contributed by atoms with van der Waals surface area (Å²) >= 11 is 0. The summed E-state index contributed by atoms with van der Waals surface area (Å²) in [6.07, 6.45) is 1.75. The van der Waals surface area contributed by atoms with Crippen molar-refractivity contribution in [1.29, 1.82) is 5.26 Å². The van der Waals surface area contributed by atoms with Crippen LogP contribution in [-0.4, -0.2) is 37.1 Å². The van der Waals surface area contributed by atoms with Crippen molar-refractivity contribution in [1.82, 2.24) is 4.90 Å². The van der Waals surface area contributed by atoms with Crippen molar-refractivity contribution in [2.45, 2.75) is 25.8 Å². The van der Waals surface area contributed by atoms with E-state index in [9.17, 15) is 4.79 Å². The van der Waals surface area contributed by atoms with Crippen molar-refractivity contribution in [3.63, 3.8) is 0 Å². The smallest absolute Gasteiger partial charge is 0.238 e. The number of fused-ring (bicyclic) bond motifs is 2. The van der Waals surface area contributed by atoms with Crippen LogP contribution in [0.1, 0.15) is 36.1 Å². The maximum atomic E-state index is 12.5. The molecule has 0 aromatic heterocycles. The number of ether oxygens (including phenoxy) is 2. The van der Waals surface area contributed by atoms with E-state index in [1.165, 1.54) is 11.1 Å². The highest BCUT2D eigenvalue weighted by Gasteiger charge is 2.27. The van der Waals surface area contributed by atoms with Gasteiger partial charge in [-0.05, 0) is 54.8 Å². The molecule has 0 unspecified atom stereocenters. The molecule has 1 N–H and O–H groups in total. The average molecular weight is 377 g/mol.